The van der Waals surface area contributed by atoms with Gasteiger partial charge in [0.1, 0.15) is 0 Å². The van der Waals surface area contributed by atoms with Gasteiger partial charge < -0.3 is 5.11 Å². The van der Waals surface area contributed by atoms with Gasteiger partial charge in [-0.2, -0.15) is 0 Å². The molecule has 0 saturated carbocycles. The van der Waals surface area contributed by atoms with Crippen LogP contribution < -0.4 is 0 Å². The van der Waals surface area contributed by atoms with Crippen LogP contribution in [0.25, 0.3) is 10.1 Å². The molecule has 0 fully saturated rings. The van der Waals surface area contributed by atoms with Gasteiger partial charge in [0.15, 0.2) is 0 Å². The Morgan fingerprint density at radius 1 is 1.38 bits per heavy atom. The summed E-state index contributed by atoms with van der Waals surface area (Å²) in [6.07, 6.45) is 0.767. The summed E-state index contributed by atoms with van der Waals surface area (Å²) >= 11 is 1.77. The average molecular weight is 192 g/mol. The summed E-state index contributed by atoms with van der Waals surface area (Å²) in [6.45, 7) is 2.36. The molecule has 0 aliphatic heterocycles. The maximum absolute atomic E-state index is 8.87. The second kappa shape index (κ2) is 3.48. The van der Waals surface area contributed by atoms with Gasteiger partial charge in [-0.05, 0) is 35.2 Å². The van der Waals surface area contributed by atoms with E-state index in [1.807, 2.05) is 0 Å². The monoisotopic (exact) mass is 192 g/mol. The summed E-state index contributed by atoms with van der Waals surface area (Å²) in [5.41, 5.74) is 2.60. The second-order valence-electron chi connectivity index (χ2n) is 3.19. The van der Waals surface area contributed by atoms with E-state index in [0.29, 0.717) is 0 Å². The van der Waals surface area contributed by atoms with E-state index in [0.717, 1.165) is 6.42 Å². The van der Waals surface area contributed by atoms with Gasteiger partial charge in [-0.1, -0.05) is 18.2 Å². The molecule has 0 spiro atoms. The smallest absolute Gasteiger partial charge is 0.0471 e. The van der Waals surface area contributed by atoms with Crippen molar-refractivity contribution in [1.29, 1.82) is 0 Å². The molecule has 0 bridgehead atoms. The molecule has 0 aliphatic rings. The number of rotatable bonds is 2. The predicted octanol–water partition coefficient (Wildman–Crippen LogP) is 2.74. The number of aliphatic hydroxyl groups is 1. The van der Waals surface area contributed by atoms with Crippen molar-refractivity contribution in [3.63, 3.8) is 0 Å². The molecule has 0 unspecified atom stereocenters. The van der Waals surface area contributed by atoms with Crippen molar-refractivity contribution in [2.24, 2.45) is 0 Å². The van der Waals surface area contributed by atoms with E-state index < -0.39 is 0 Å². The van der Waals surface area contributed by atoms with Crippen LogP contribution in [0.5, 0.6) is 0 Å². The minimum atomic E-state index is 0.236. The predicted molar refractivity (Wildman–Crippen MR) is 57.4 cm³/mol. The number of aliphatic hydroxyl groups excluding tert-OH is 1. The topological polar surface area (TPSA) is 20.2 Å². The van der Waals surface area contributed by atoms with Gasteiger partial charge in [-0.3, -0.25) is 0 Å². The van der Waals surface area contributed by atoms with Crippen LogP contribution in [0, 0.1) is 6.92 Å². The maximum atomic E-state index is 8.87. The third-order valence-electron chi connectivity index (χ3n) is 2.26. The molecular weight excluding hydrogens is 180 g/mol. The SMILES string of the molecule is Cc1cccc2c(CCO)csc12. The zero-order valence-electron chi connectivity index (χ0n) is 7.58. The molecule has 1 aromatic heterocycles. The fourth-order valence-electron chi connectivity index (χ4n) is 1.57. The first-order valence-corrected chi connectivity index (χ1v) is 5.27. The summed E-state index contributed by atoms with van der Waals surface area (Å²) in [5, 5.41) is 12.3. The minimum absolute atomic E-state index is 0.236. The van der Waals surface area contributed by atoms with E-state index in [-0.39, 0.29) is 6.61 Å². The van der Waals surface area contributed by atoms with E-state index >= 15 is 0 Å². The normalized spacial score (nSPS) is 10.9. The van der Waals surface area contributed by atoms with Crippen LogP contribution in [0.15, 0.2) is 23.6 Å². The van der Waals surface area contributed by atoms with Crippen LogP contribution in [-0.4, -0.2) is 11.7 Å². The molecule has 0 radical (unpaired) electrons. The van der Waals surface area contributed by atoms with E-state index in [2.05, 4.69) is 30.5 Å². The molecule has 1 N–H and O–H groups in total. The van der Waals surface area contributed by atoms with E-state index in [9.17, 15) is 0 Å². The number of aryl methyl sites for hydroxylation is 1. The van der Waals surface area contributed by atoms with Crippen LogP contribution in [0.3, 0.4) is 0 Å². The highest BCUT2D eigenvalue weighted by atomic mass is 32.1. The quantitative estimate of drug-likeness (QED) is 0.775. The van der Waals surface area contributed by atoms with Gasteiger partial charge in [0.2, 0.25) is 0 Å². The van der Waals surface area contributed by atoms with E-state index in [1.54, 1.807) is 11.3 Å². The molecule has 0 atom stereocenters. The number of hydrogen-bond donors (Lipinski definition) is 1. The number of thiophene rings is 1. The first-order valence-electron chi connectivity index (χ1n) is 4.39. The third kappa shape index (κ3) is 1.47. The Hall–Kier alpha value is -0.860. The zero-order chi connectivity index (χ0) is 9.26. The molecule has 1 heterocycles. The van der Waals surface area contributed by atoms with Gasteiger partial charge in [-0.15, -0.1) is 11.3 Å². The van der Waals surface area contributed by atoms with Crippen LogP contribution >= 0.6 is 11.3 Å². The molecule has 2 aromatic rings. The van der Waals surface area contributed by atoms with Crippen molar-refractivity contribution in [1.82, 2.24) is 0 Å². The Morgan fingerprint density at radius 3 is 3.00 bits per heavy atom. The summed E-state index contributed by atoms with van der Waals surface area (Å²) < 4.78 is 1.35. The van der Waals surface area contributed by atoms with Crippen molar-refractivity contribution < 1.29 is 5.11 Å². The molecule has 0 amide bonds. The van der Waals surface area contributed by atoms with Crippen molar-refractivity contribution in [2.45, 2.75) is 13.3 Å². The molecule has 2 heteroatoms. The zero-order valence-corrected chi connectivity index (χ0v) is 8.40. The molecule has 68 valence electrons. The Labute approximate surface area is 81.6 Å². The molecular formula is C11H12OS. The third-order valence-corrected chi connectivity index (χ3v) is 3.44. The van der Waals surface area contributed by atoms with Crippen molar-refractivity contribution >= 4 is 21.4 Å². The highest BCUT2D eigenvalue weighted by Gasteiger charge is 2.04. The van der Waals surface area contributed by atoms with Gasteiger partial charge in [0, 0.05) is 11.3 Å². The Morgan fingerprint density at radius 2 is 2.23 bits per heavy atom. The summed E-state index contributed by atoms with van der Waals surface area (Å²) in [5.74, 6) is 0. The van der Waals surface area contributed by atoms with Gasteiger partial charge in [0.05, 0.1) is 0 Å². The van der Waals surface area contributed by atoms with Gasteiger partial charge in [-0.25, -0.2) is 0 Å². The molecule has 13 heavy (non-hydrogen) atoms. The fraction of sp³-hybridized carbons (Fsp3) is 0.273. The second-order valence-corrected chi connectivity index (χ2v) is 4.07. The lowest BCUT2D eigenvalue weighted by atomic mass is 10.1. The van der Waals surface area contributed by atoms with E-state index in [1.165, 1.54) is 21.2 Å². The number of fused-ring (bicyclic) bond motifs is 1. The van der Waals surface area contributed by atoms with Crippen LogP contribution in [0.2, 0.25) is 0 Å². The van der Waals surface area contributed by atoms with Crippen molar-refractivity contribution in [2.75, 3.05) is 6.61 Å². The van der Waals surface area contributed by atoms with Crippen LogP contribution in [-0.2, 0) is 6.42 Å². The minimum Gasteiger partial charge on any atom is -0.396 e. The average Bonchev–Trinajstić information content (AvgIpc) is 2.51. The van der Waals surface area contributed by atoms with E-state index in [4.69, 9.17) is 5.11 Å². The molecule has 0 aliphatic carbocycles. The largest absolute Gasteiger partial charge is 0.396 e. The maximum Gasteiger partial charge on any atom is 0.0471 e. The van der Waals surface area contributed by atoms with Crippen LogP contribution in [0.4, 0.5) is 0 Å². The Balaban J connectivity index is 2.61. The number of benzene rings is 1. The number of hydrogen-bond acceptors (Lipinski definition) is 2. The van der Waals surface area contributed by atoms with Crippen molar-refractivity contribution in [3.8, 4) is 0 Å². The fourth-order valence-corrected chi connectivity index (χ4v) is 2.65. The highest BCUT2D eigenvalue weighted by molar-refractivity contribution is 7.17. The molecule has 0 saturated heterocycles. The first-order chi connectivity index (χ1) is 6.33. The lowest BCUT2D eigenvalue weighted by Crippen LogP contribution is -1.87. The standard InChI is InChI=1S/C11H12OS/c1-8-3-2-4-10-9(5-6-12)7-13-11(8)10/h2-4,7,12H,5-6H2,1H3. The Bertz CT molecular complexity index is 417. The lowest BCUT2D eigenvalue weighted by molar-refractivity contribution is 0.300. The lowest BCUT2D eigenvalue weighted by Gasteiger charge is -1.97. The highest BCUT2D eigenvalue weighted by Crippen LogP contribution is 2.28. The van der Waals surface area contributed by atoms with Gasteiger partial charge >= 0.3 is 0 Å². The summed E-state index contributed by atoms with van der Waals surface area (Å²) in [4.78, 5) is 0. The Kier molecular flexibility index (Phi) is 2.34. The summed E-state index contributed by atoms with van der Waals surface area (Å²) in [6, 6.07) is 6.33. The molecule has 1 aromatic carbocycles. The molecule has 1 nitrogen and oxygen atoms in total. The van der Waals surface area contributed by atoms with Crippen molar-refractivity contribution in [3.05, 3.63) is 34.7 Å². The van der Waals surface area contributed by atoms with Crippen LogP contribution in [0.1, 0.15) is 11.1 Å². The first kappa shape index (κ1) is 8.73. The summed E-state index contributed by atoms with van der Waals surface area (Å²) in [7, 11) is 0. The van der Waals surface area contributed by atoms with Gasteiger partial charge in [0.25, 0.3) is 0 Å². The molecule has 2 rings (SSSR count).